The molecule has 5 rings (SSSR count). The second kappa shape index (κ2) is 20.0. The predicted octanol–water partition coefficient (Wildman–Crippen LogP) is 8.02. The van der Waals surface area contributed by atoms with E-state index in [0.29, 0.717) is 67.1 Å². The molecule has 322 valence electrons. The molecular formula is C45H63FO10S2. The highest BCUT2D eigenvalue weighted by Gasteiger charge is 2.49. The SMILES string of the molecule is CCCC[C@]1(CC)CS(=O)(=O)c2ccc(OCCOCCOCCOc3ccc4c(c3)[C@H](C)[C@H](O)[C@@](CC)(CCCC)CS4(=O)=O)cc2[C@@H](c2ccc(F)cc2)[C@H]1O. The van der Waals surface area contributed by atoms with Crippen LogP contribution in [-0.2, 0) is 29.1 Å². The van der Waals surface area contributed by atoms with Crippen molar-refractivity contribution in [2.75, 3.05) is 51.1 Å². The highest BCUT2D eigenvalue weighted by atomic mass is 32.2. The third kappa shape index (κ3) is 10.3. The highest BCUT2D eigenvalue weighted by molar-refractivity contribution is 7.91. The number of sulfone groups is 2. The van der Waals surface area contributed by atoms with Gasteiger partial charge in [0.05, 0.1) is 59.9 Å². The Balaban J connectivity index is 1.12. The van der Waals surface area contributed by atoms with E-state index in [-0.39, 0.29) is 53.6 Å². The number of benzene rings is 3. The number of hydrogen-bond acceptors (Lipinski definition) is 10. The summed E-state index contributed by atoms with van der Waals surface area (Å²) in [6, 6.07) is 15.7. The number of unbranched alkanes of at least 4 members (excludes halogenated alkanes) is 2. The standard InChI is InChI=1S/C45H63FO10S2/c1-6-10-20-44(8-3)30-57(49,50)39-18-16-35(28-37(39)32(5)42(44)47)55-26-24-53-22-23-54-25-27-56-36-17-19-40-38(29-36)41(33-12-14-34(46)15-13-33)43(48)45(9-4,21-11-7-2)31-58(40,51)52/h12-19,28-29,32,41-43,47-48H,6-11,20-27,30-31H2,1-5H3/t32-,41+,42-,43+,44-,45+/m0/s1. The highest BCUT2D eigenvalue weighted by Crippen LogP contribution is 2.50. The van der Waals surface area contributed by atoms with Gasteiger partial charge in [-0.15, -0.1) is 0 Å². The number of aliphatic hydroxyl groups is 2. The van der Waals surface area contributed by atoms with Crippen molar-refractivity contribution in [3.63, 3.8) is 0 Å². The Labute approximate surface area is 345 Å². The van der Waals surface area contributed by atoms with E-state index in [0.717, 1.165) is 25.7 Å². The minimum absolute atomic E-state index is 0.0686. The molecule has 6 atom stereocenters. The van der Waals surface area contributed by atoms with Crippen LogP contribution < -0.4 is 9.47 Å². The van der Waals surface area contributed by atoms with E-state index in [9.17, 15) is 31.4 Å². The molecule has 3 aromatic rings. The molecule has 0 aromatic heterocycles. The van der Waals surface area contributed by atoms with E-state index in [4.69, 9.17) is 18.9 Å². The molecule has 0 saturated heterocycles. The van der Waals surface area contributed by atoms with Gasteiger partial charge in [0.25, 0.3) is 0 Å². The molecule has 10 nitrogen and oxygen atoms in total. The van der Waals surface area contributed by atoms with Crippen LogP contribution in [0.2, 0.25) is 0 Å². The molecule has 0 aliphatic carbocycles. The molecule has 0 saturated carbocycles. The summed E-state index contributed by atoms with van der Waals surface area (Å²) in [7, 11) is -7.38. The van der Waals surface area contributed by atoms with Gasteiger partial charge >= 0.3 is 0 Å². The van der Waals surface area contributed by atoms with E-state index in [1.807, 2.05) is 27.7 Å². The third-order valence-corrected chi connectivity index (χ3v) is 16.5. The lowest BCUT2D eigenvalue weighted by Gasteiger charge is -2.39. The Morgan fingerprint density at radius 3 is 1.57 bits per heavy atom. The van der Waals surface area contributed by atoms with Crippen molar-refractivity contribution in [1.82, 2.24) is 0 Å². The lowest BCUT2D eigenvalue weighted by atomic mass is 9.69. The molecule has 2 aliphatic heterocycles. The Hall–Kier alpha value is -3.07. The lowest BCUT2D eigenvalue weighted by Crippen LogP contribution is -2.42. The summed E-state index contributed by atoms with van der Waals surface area (Å²) >= 11 is 0. The normalized spacial score (nSPS) is 26.2. The first-order chi connectivity index (χ1) is 27.7. The van der Waals surface area contributed by atoms with Gasteiger partial charge in [-0.25, -0.2) is 21.2 Å². The summed E-state index contributed by atoms with van der Waals surface area (Å²) in [5.74, 6) is -0.787. The van der Waals surface area contributed by atoms with Crippen LogP contribution in [0.1, 0.15) is 115 Å². The Morgan fingerprint density at radius 2 is 1.09 bits per heavy atom. The molecule has 13 heteroatoms. The monoisotopic (exact) mass is 846 g/mol. The Kier molecular flexibility index (Phi) is 15.9. The maximum atomic E-state index is 14.0. The molecule has 58 heavy (non-hydrogen) atoms. The van der Waals surface area contributed by atoms with E-state index >= 15 is 0 Å². The molecule has 2 N–H and O–H groups in total. The van der Waals surface area contributed by atoms with Gasteiger partial charge in [-0.3, -0.25) is 0 Å². The van der Waals surface area contributed by atoms with Crippen molar-refractivity contribution < 1.29 is 50.4 Å². The summed E-state index contributed by atoms with van der Waals surface area (Å²) in [4.78, 5) is 0.418. The van der Waals surface area contributed by atoms with Crippen molar-refractivity contribution in [2.24, 2.45) is 10.8 Å². The van der Waals surface area contributed by atoms with Crippen LogP contribution in [0.25, 0.3) is 0 Å². The number of aliphatic hydroxyl groups excluding tert-OH is 2. The van der Waals surface area contributed by atoms with Crippen molar-refractivity contribution in [2.45, 2.75) is 120 Å². The van der Waals surface area contributed by atoms with E-state index in [1.54, 1.807) is 48.5 Å². The number of rotatable bonds is 20. The van der Waals surface area contributed by atoms with Gasteiger partial charge in [-0.05, 0) is 90.9 Å². The van der Waals surface area contributed by atoms with Crippen LogP contribution in [0.3, 0.4) is 0 Å². The zero-order chi connectivity index (χ0) is 42.1. The number of hydrogen-bond donors (Lipinski definition) is 2. The number of ether oxygens (including phenoxy) is 4. The van der Waals surface area contributed by atoms with E-state index in [1.165, 1.54) is 12.1 Å². The fourth-order valence-corrected chi connectivity index (χ4v) is 13.5. The first-order valence-corrected chi connectivity index (χ1v) is 24.2. The third-order valence-electron chi connectivity index (χ3n) is 12.5. The summed E-state index contributed by atoms with van der Waals surface area (Å²) < 4.78 is 92.1. The first-order valence-electron chi connectivity index (χ1n) is 20.9. The van der Waals surface area contributed by atoms with Gasteiger partial charge in [0, 0.05) is 22.7 Å². The minimum Gasteiger partial charge on any atom is -0.491 e. The molecule has 0 amide bonds. The smallest absolute Gasteiger partial charge is 0.179 e. The zero-order valence-corrected chi connectivity index (χ0v) is 36.4. The average molecular weight is 847 g/mol. The summed E-state index contributed by atoms with van der Waals surface area (Å²) in [6.45, 7) is 11.4. The van der Waals surface area contributed by atoms with Crippen LogP contribution in [0.15, 0.2) is 70.5 Å². The van der Waals surface area contributed by atoms with Gasteiger partial charge in [0.1, 0.15) is 30.5 Å². The van der Waals surface area contributed by atoms with E-state index < -0.39 is 54.4 Å². The van der Waals surface area contributed by atoms with Gasteiger partial charge in [0.2, 0.25) is 0 Å². The minimum atomic E-state index is -3.78. The molecular weight excluding hydrogens is 784 g/mol. The van der Waals surface area contributed by atoms with Crippen LogP contribution in [-0.4, -0.2) is 90.4 Å². The van der Waals surface area contributed by atoms with Crippen molar-refractivity contribution >= 4 is 19.7 Å². The topological polar surface area (TPSA) is 146 Å². The molecule has 0 radical (unpaired) electrons. The fourth-order valence-electron chi connectivity index (χ4n) is 8.97. The maximum Gasteiger partial charge on any atom is 0.179 e. The summed E-state index contributed by atoms with van der Waals surface area (Å²) in [5, 5.41) is 23.5. The number of halogens is 1. The lowest BCUT2D eigenvalue weighted by molar-refractivity contribution is 0.0125. The molecule has 2 aliphatic rings. The van der Waals surface area contributed by atoms with Gasteiger partial charge in [-0.1, -0.05) is 72.4 Å². The largest absolute Gasteiger partial charge is 0.491 e. The average Bonchev–Trinajstić information content (AvgIpc) is 3.32. The summed E-state index contributed by atoms with van der Waals surface area (Å²) in [5.41, 5.74) is 0.0795. The van der Waals surface area contributed by atoms with Gasteiger partial charge in [-0.2, -0.15) is 0 Å². The quantitative estimate of drug-likeness (QED) is 0.107. The van der Waals surface area contributed by atoms with Crippen LogP contribution in [0, 0.1) is 16.6 Å². The fraction of sp³-hybridized carbons (Fsp3) is 0.600. The van der Waals surface area contributed by atoms with Crippen LogP contribution >= 0.6 is 0 Å². The van der Waals surface area contributed by atoms with Gasteiger partial charge < -0.3 is 29.2 Å². The zero-order valence-electron chi connectivity index (χ0n) is 34.8. The molecule has 3 aromatic carbocycles. The molecule has 0 bridgehead atoms. The van der Waals surface area contributed by atoms with Crippen molar-refractivity contribution in [1.29, 1.82) is 0 Å². The van der Waals surface area contributed by atoms with Crippen LogP contribution in [0.5, 0.6) is 11.5 Å². The van der Waals surface area contributed by atoms with Crippen molar-refractivity contribution in [3.05, 3.63) is 83.2 Å². The first kappa shape index (κ1) is 46.0. The summed E-state index contributed by atoms with van der Waals surface area (Å²) in [6.07, 6.45) is 3.87. The molecule has 0 spiro atoms. The Bertz CT molecular complexity index is 2020. The molecule has 0 unspecified atom stereocenters. The predicted molar refractivity (Wildman–Crippen MR) is 223 cm³/mol. The van der Waals surface area contributed by atoms with Crippen molar-refractivity contribution in [3.8, 4) is 11.5 Å². The molecule has 2 heterocycles. The number of fused-ring (bicyclic) bond motifs is 2. The maximum absolute atomic E-state index is 14.0. The second-order valence-corrected chi connectivity index (χ2v) is 20.1. The van der Waals surface area contributed by atoms with E-state index in [2.05, 4.69) is 6.92 Å². The molecule has 0 fully saturated rings. The second-order valence-electron chi connectivity index (χ2n) is 16.2. The van der Waals surface area contributed by atoms with Gasteiger partial charge in [0.15, 0.2) is 19.7 Å². The van der Waals surface area contributed by atoms with Crippen LogP contribution in [0.4, 0.5) is 4.39 Å². The Morgan fingerprint density at radius 1 is 0.638 bits per heavy atom.